The average Bonchev–Trinajstić information content (AvgIpc) is 3.07. The number of likely N-dealkylation sites (N-methyl/N-ethyl adjacent to an activating group) is 1. The topological polar surface area (TPSA) is 79.2 Å². The Hall–Kier alpha value is -3.42. The van der Waals surface area contributed by atoms with Crippen LogP contribution in [0.15, 0.2) is 55.1 Å². The van der Waals surface area contributed by atoms with Gasteiger partial charge in [-0.25, -0.2) is 19.4 Å². The summed E-state index contributed by atoms with van der Waals surface area (Å²) in [5, 5.41) is 7.11. The van der Waals surface area contributed by atoms with Gasteiger partial charge in [0.05, 0.1) is 18.1 Å². The first-order valence-corrected chi connectivity index (χ1v) is 8.38. The maximum atomic E-state index is 12.7. The number of carbonyl (C=O) groups excluding carboxylic acids is 1. The van der Waals surface area contributed by atoms with Gasteiger partial charge in [-0.1, -0.05) is 18.2 Å². The van der Waals surface area contributed by atoms with Crippen LogP contribution in [0.5, 0.6) is 0 Å². The lowest BCUT2D eigenvalue weighted by Crippen LogP contribution is -2.37. The van der Waals surface area contributed by atoms with Gasteiger partial charge in [0.25, 0.3) is 0 Å². The number of para-hydroxylation sites is 1. The van der Waals surface area contributed by atoms with Gasteiger partial charge in [0, 0.05) is 44.8 Å². The van der Waals surface area contributed by atoms with Gasteiger partial charge in [0.15, 0.2) is 0 Å². The molecule has 1 N–H and O–H groups in total. The smallest absolute Gasteiger partial charge is 0.322 e. The zero-order valence-corrected chi connectivity index (χ0v) is 14.4. The van der Waals surface area contributed by atoms with Crippen LogP contribution >= 0.6 is 0 Å². The van der Waals surface area contributed by atoms with Crippen molar-refractivity contribution in [2.45, 2.75) is 6.54 Å². The molecule has 26 heavy (non-hydrogen) atoms. The van der Waals surface area contributed by atoms with Gasteiger partial charge in [-0.2, -0.15) is 5.10 Å². The number of anilines is 2. The average molecular weight is 349 g/mol. The number of hydrogen-bond acceptors (Lipinski definition) is 5. The number of hydrogen-bond donors (Lipinski definition) is 1. The summed E-state index contributed by atoms with van der Waals surface area (Å²) in [6.07, 6.45) is 6.58. The number of benzene rings is 1. The molecule has 8 nitrogen and oxygen atoms in total. The number of nitrogens with zero attached hydrogens (tertiary/aromatic N) is 6. The molecule has 0 bridgehead atoms. The number of amides is 2. The van der Waals surface area contributed by atoms with Gasteiger partial charge in [-0.3, -0.25) is 0 Å². The monoisotopic (exact) mass is 349 g/mol. The van der Waals surface area contributed by atoms with Crippen molar-refractivity contribution in [3.05, 3.63) is 60.7 Å². The van der Waals surface area contributed by atoms with Crippen LogP contribution in [0.25, 0.3) is 5.95 Å². The van der Waals surface area contributed by atoms with Gasteiger partial charge < -0.3 is 15.1 Å². The van der Waals surface area contributed by atoms with E-state index < -0.39 is 0 Å². The van der Waals surface area contributed by atoms with E-state index in [0.29, 0.717) is 24.7 Å². The first-order valence-electron chi connectivity index (χ1n) is 8.38. The summed E-state index contributed by atoms with van der Waals surface area (Å²) >= 11 is 0. The second-order valence-electron chi connectivity index (χ2n) is 6.12. The number of fused-ring (bicyclic) bond motifs is 1. The van der Waals surface area contributed by atoms with Crippen molar-refractivity contribution >= 4 is 17.4 Å². The van der Waals surface area contributed by atoms with E-state index in [1.165, 1.54) is 4.68 Å². The molecular weight excluding hydrogens is 330 g/mol. The summed E-state index contributed by atoms with van der Waals surface area (Å²) in [6, 6.07) is 9.75. The third-order valence-corrected chi connectivity index (χ3v) is 4.35. The van der Waals surface area contributed by atoms with Crippen molar-refractivity contribution in [2.75, 3.05) is 30.4 Å². The van der Waals surface area contributed by atoms with E-state index in [2.05, 4.69) is 37.4 Å². The van der Waals surface area contributed by atoms with Gasteiger partial charge in [-0.05, 0) is 17.7 Å². The van der Waals surface area contributed by atoms with Crippen molar-refractivity contribution < 1.29 is 4.79 Å². The maximum Gasteiger partial charge on any atom is 0.322 e. The third-order valence-electron chi connectivity index (χ3n) is 4.35. The van der Waals surface area contributed by atoms with E-state index in [0.717, 1.165) is 17.8 Å². The Morgan fingerprint density at radius 3 is 2.77 bits per heavy atom. The van der Waals surface area contributed by atoms with E-state index in [1.807, 2.05) is 19.2 Å². The van der Waals surface area contributed by atoms with Gasteiger partial charge in [0.2, 0.25) is 5.95 Å². The highest BCUT2D eigenvalue weighted by Gasteiger charge is 2.21. The lowest BCUT2D eigenvalue weighted by molar-refractivity contribution is 0.212. The van der Waals surface area contributed by atoms with Crippen molar-refractivity contribution in [3.8, 4) is 5.95 Å². The fourth-order valence-corrected chi connectivity index (χ4v) is 2.97. The lowest BCUT2D eigenvalue weighted by atomic mass is 10.1. The molecule has 1 aromatic carbocycles. The van der Waals surface area contributed by atoms with Crippen molar-refractivity contribution in [1.82, 2.24) is 24.6 Å². The molecule has 0 spiro atoms. The van der Waals surface area contributed by atoms with E-state index in [9.17, 15) is 4.79 Å². The van der Waals surface area contributed by atoms with Crippen LogP contribution in [-0.2, 0) is 6.54 Å². The number of urea groups is 1. The zero-order chi connectivity index (χ0) is 17.9. The molecule has 0 unspecified atom stereocenters. The SMILES string of the molecule is CN1CCN(C(=O)Nc2cnn(-c3ncccn3)c2)Cc2ccccc21. The van der Waals surface area contributed by atoms with Crippen LogP contribution in [-0.4, -0.2) is 50.8 Å². The molecule has 1 aliphatic rings. The molecule has 4 rings (SSSR count). The molecule has 1 aliphatic heterocycles. The first kappa shape index (κ1) is 16.1. The Bertz CT molecular complexity index is 909. The van der Waals surface area contributed by atoms with Crippen LogP contribution in [0.4, 0.5) is 16.2 Å². The highest BCUT2D eigenvalue weighted by molar-refractivity contribution is 5.89. The van der Waals surface area contributed by atoms with Crippen LogP contribution in [0.2, 0.25) is 0 Å². The standard InChI is InChI=1S/C18H19N7O/c1-23-9-10-24(12-14-5-2-3-6-16(14)23)18(26)22-15-11-21-25(13-15)17-19-7-4-8-20-17/h2-8,11,13H,9-10,12H2,1H3,(H,22,26). The first-order chi connectivity index (χ1) is 12.7. The van der Waals surface area contributed by atoms with Crippen LogP contribution < -0.4 is 10.2 Å². The minimum atomic E-state index is -0.149. The summed E-state index contributed by atoms with van der Waals surface area (Å²) in [5.41, 5.74) is 2.90. The molecule has 8 heteroatoms. The minimum absolute atomic E-state index is 0.149. The quantitative estimate of drug-likeness (QED) is 0.767. The number of carbonyl (C=O) groups is 1. The third kappa shape index (κ3) is 3.21. The maximum absolute atomic E-state index is 12.7. The Kier molecular flexibility index (Phi) is 4.22. The summed E-state index contributed by atoms with van der Waals surface area (Å²) < 4.78 is 1.53. The highest BCUT2D eigenvalue weighted by Crippen LogP contribution is 2.24. The number of rotatable bonds is 2. The minimum Gasteiger partial charge on any atom is -0.373 e. The highest BCUT2D eigenvalue weighted by atomic mass is 16.2. The van der Waals surface area contributed by atoms with E-state index in [1.54, 1.807) is 35.8 Å². The Morgan fingerprint density at radius 1 is 1.12 bits per heavy atom. The molecule has 132 valence electrons. The molecule has 0 saturated heterocycles. The Labute approximate surface area is 151 Å². The van der Waals surface area contributed by atoms with E-state index in [-0.39, 0.29) is 6.03 Å². The molecule has 0 radical (unpaired) electrons. The second-order valence-corrected chi connectivity index (χ2v) is 6.12. The van der Waals surface area contributed by atoms with Crippen LogP contribution in [0, 0.1) is 0 Å². The normalized spacial score (nSPS) is 13.9. The van der Waals surface area contributed by atoms with Crippen molar-refractivity contribution in [1.29, 1.82) is 0 Å². The number of nitrogens with one attached hydrogen (secondary N) is 1. The summed E-state index contributed by atoms with van der Waals surface area (Å²) in [6.45, 7) is 2.00. The molecule has 0 aliphatic carbocycles. The van der Waals surface area contributed by atoms with E-state index >= 15 is 0 Å². The molecule has 0 atom stereocenters. The largest absolute Gasteiger partial charge is 0.373 e. The predicted molar refractivity (Wildman–Crippen MR) is 98.3 cm³/mol. The van der Waals surface area contributed by atoms with Crippen molar-refractivity contribution in [2.24, 2.45) is 0 Å². The molecule has 0 saturated carbocycles. The van der Waals surface area contributed by atoms with Crippen LogP contribution in [0.1, 0.15) is 5.56 Å². The summed E-state index contributed by atoms with van der Waals surface area (Å²) in [7, 11) is 2.05. The molecule has 2 aromatic heterocycles. The van der Waals surface area contributed by atoms with Gasteiger partial charge in [0.1, 0.15) is 0 Å². The molecule has 3 aromatic rings. The zero-order valence-electron chi connectivity index (χ0n) is 14.4. The summed E-state index contributed by atoms with van der Waals surface area (Å²) in [5.74, 6) is 0.457. The fourth-order valence-electron chi connectivity index (χ4n) is 2.97. The van der Waals surface area contributed by atoms with E-state index in [4.69, 9.17) is 0 Å². The second kappa shape index (κ2) is 6.83. The summed E-state index contributed by atoms with van der Waals surface area (Å²) in [4.78, 5) is 25.0. The predicted octanol–water partition coefficient (Wildman–Crippen LogP) is 2.15. The Balaban J connectivity index is 1.48. The molecule has 0 fully saturated rings. The van der Waals surface area contributed by atoms with Crippen LogP contribution in [0.3, 0.4) is 0 Å². The molecule has 2 amide bonds. The Morgan fingerprint density at radius 2 is 1.92 bits per heavy atom. The fraction of sp³-hybridized carbons (Fsp3) is 0.222. The van der Waals surface area contributed by atoms with Gasteiger partial charge >= 0.3 is 6.03 Å². The molecule has 3 heterocycles. The lowest BCUT2D eigenvalue weighted by Gasteiger charge is -2.21. The van der Waals surface area contributed by atoms with Crippen molar-refractivity contribution in [3.63, 3.8) is 0 Å². The number of aromatic nitrogens is 4. The van der Waals surface area contributed by atoms with Gasteiger partial charge in [-0.15, -0.1) is 0 Å². The molecular formula is C18H19N7O.